The van der Waals surface area contributed by atoms with E-state index < -0.39 is 15.9 Å². The molecule has 32 heavy (non-hydrogen) atoms. The molecule has 0 atom stereocenters. The summed E-state index contributed by atoms with van der Waals surface area (Å²) in [6, 6.07) is 15.8. The Morgan fingerprint density at radius 3 is 2.47 bits per heavy atom. The van der Waals surface area contributed by atoms with E-state index in [-0.39, 0.29) is 21.4 Å². The summed E-state index contributed by atoms with van der Waals surface area (Å²) < 4.78 is 26.8. The van der Waals surface area contributed by atoms with Crippen molar-refractivity contribution in [1.82, 2.24) is 14.7 Å². The number of hydrogen-bond acceptors (Lipinski definition) is 7. The molecule has 164 valence electrons. The van der Waals surface area contributed by atoms with Crippen molar-refractivity contribution >= 4 is 49.2 Å². The summed E-state index contributed by atoms with van der Waals surface area (Å²) in [7, 11) is -3.96. The van der Waals surface area contributed by atoms with Gasteiger partial charge in [0.25, 0.3) is 15.6 Å². The summed E-state index contributed by atoms with van der Waals surface area (Å²) in [6.45, 7) is 3.78. The Morgan fingerprint density at radius 1 is 1.09 bits per heavy atom. The predicted octanol–water partition coefficient (Wildman–Crippen LogP) is 3.87. The van der Waals surface area contributed by atoms with Crippen molar-refractivity contribution in [1.29, 1.82) is 0 Å². The van der Waals surface area contributed by atoms with Gasteiger partial charge >= 0.3 is 0 Å². The molecule has 0 bridgehead atoms. The van der Waals surface area contributed by atoms with Crippen LogP contribution in [0.15, 0.2) is 69.4 Å². The average molecular weight is 486 g/mol. The molecule has 0 spiro atoms. The zero-order valence-electron chi connectivity index (χ0n) is 17.2. The van der Waals surface area contributed by atoms with E-state index in [2.05, 4.69) is 9.97 Å². The third-order valence-electron chi connectivity index (χ3n) is 4.70. The van der Waals surface area contributed by atoms with Crippen LogP contribution in [0, 0.1) is 13.8 Å². The fraction of sp³-hybridized carbons (Fsp3) is 0.136. The van der Waals surface area contributed by atoms with Gasteiger partial charge in [-0.05, 0) is 31.5 Å². The number of amides is 1. The van der Waals surface area contributed by atoms with Crippen molar-refractivity contribution in [3.63, 3.8) is 0 Å². The minimum atomic E-state index is -3.96. The third kappa shape index (κ3) is 4.62. The lowest BCUT2D eigenvalue weighted by atomic mass is 10.0. The van der Waals surface area contributed by atoms with Crippen LogP contribution in [0.5, 0.6) is 0 Å². The molecule has 0 unspecified atom stereocenters. The van der Waals surface area contributed by atoms with E-state index in [0.717, 1.165) is 33.3 Å². The first-order chi connectivity index (χ1) is 15.2. The normalized spacial score (nSPS) is 11.6. The fourth-order valence-corrected chi connectivity index (χ4v) is 6.05. The monoisotopic (exact) mass is 485 g/mol. The Hall–Kier alpha value is -2.95. The molecule has 0 aliphatic heterocycles. The minimum absolute atomic E-state index is 0.0110. The fourth-order valence-electron chi connectivity index (χ4n) is 3.21. The first-order valence-electron chi connectivity index (χ1n) is 9.58. The van der Waals surface area contributed by atoms with Crippen molar-refractivity contribution in [3.05, 3.63) is 75.4 Å². The molecule has 4 rings (SSSR count). The number of carbonyl (C=O) groups is 1. The highest BCUT2D eigenvalue weighted by Crippen LogP contribution is 2.35. The standard InChI is InChI=1S/C22H19N3O4S3/c1-13-8-10-16(11-9-13)32(28,29)25-17(26)12-30-22-23-20(27)19-18(14(2)31-21(19)24-22)15-6-4-3-5-7-15/h3-11H,12H2,1-2H3,(H,25,26)(H,23,24,27). The molecule has 7 nitrogen and oxygen atoms in total. The zero-order valence-corrected chi connectivity index (χ0v) is 19.7. The molecule has 0 aliphatic rings. The summed E-state index contributed by atoms with van der Waals surface area (Å²) >= 11 is 2.37. The highest BCUT2D eigenvalue weighted by Gasteiger charge is 2.19. The number of aromatic amines is 1. The second-order valence-corrected chi connectivity index (χ2v) is 10.9. The molecule has 4 aromatic rings. The summed E-state index contributed by atoms with van der Waals surface area (Å²) in [5.41, 5.74) is 2.39. The second-order valence-electron chi connectivity index (χ2n) is 7.08. The maximum absolute atomic E-state index is 12.8. The van der Waals surface area contributed by atoms with E-state index in [9.17, 15) is 18.0 Å². The van der Waals surface area contributed by atoms with Crippen LogP contribution in [0.2, 0.25) is 0 Å². The van der Waals surface area contributed by atoms with Crippen LogP contribution in [0.4, 0.5) is 0 Å². The van der Waals surface area contributed by atoms with Gasteiger partial charge in [-0.25, -0.2) is 18.1 Å². The quantitative estimate of drug-likeness (QED) is 0.317. The van der Waals surface area contributed by atoms with E-state index in [1.54, 1.807) is 12.1 Å². The molecule has 2 N–H and O–H groups in total. The molecule has 2 aromatic carbocycles. The van der Waals surface area contributed by atoms with Crippen LogP contribution < -0.4 is 10.3 Å². The van der Waals surface area contributed by atoms with Crippen molar-refractivity contribution in [3.8, 4) is 11.1 Å². The molecular weight excluding hydrogens is 466 g/mol. The van der Waals surface area contributed by atoms with Crippen molar-refractivity contribution < 1.29 is 13.2 Å². The van der Waals surface area contributed by atoms with Gasteiger partial charge in [-0.3, -0.25) is 9.59 Å². The van der Waals surface area contributed by atoms with Gasteiger partial charge in [-0.2, -0.15) is 0 Å². The van der Waals surface area contributed by atoms with Gasteiger partial charge in [0.05, 0.1) is 16.0 Å². The number of fused-ring (bicyclic) bond motifs is 1. The summed E-state index contributed by atoms with van der Waals surface area (Å²) in [5, 5.41) is 0.765. The number of aromatic nitrogens is 2. The van der Waals surface area contributed by atoms with Gasteiger partial charge in [-0.15, -0.1) is 11.3 Å². The molecule has 0 radical (unpaired) electrons. The van der Waals surface area contributed by atoms with E-state index in [1.807, 2.05) is 48.9 Å². The van der Waals surface area contributed by atoms with Gasteiger partial charge in [-0.1, -0.05) is 59.8 Å². The van der Waals surface area contributed by atoms with Crippen LogP contribution in [0.1, 0.15) is 10.4 Å². The van der Waals surface area contributed by atoms with Crippen LogP contribution in [-0.2, 0) is 14.8 Å². The molecular formula is C22H19N3O4S3. The SMILES string of the molecule is Cc1ccc(S(=O)(=O)NC(=O)CSc2nc3sc(C)c(-c4ccccc4)c3c(=O)[nH]2)cc1. The van der Waals surface area contributed by atoms with Gasteiger partial charge < -0.3 is 4.98 Å². The van der Waals surface area contributed by atoms with Crippen LogP contribution in [0.25, 0.3) is 21.3 Å². The smallest absolute Gasteiger partial charge is 0.264 e. The number of H-pyrrole nitrogens is 1. The van der Waals surface area contributed by atoms with E-state index in [0.29, 0.717) is 10.2 Å². The average Bonchev–Trinajstić information content (AvgIpc) is 3.09. The first-order valence-corrected chi connectivity index (χ1v) is 12.9. The van der Waals surface area contributed by atoms with Crippen LogP contribution in [0.3, 0.4) is 0 Å². The van der Waals surface area contributed by atoms with Crippen molar-refractivity contribution in [2.45, 2.75) is 23.9 Å². The number of nitrogens with zero attached hydrogens (tertiary/aromatic N) is 1. The number of rotatable bonds is 6. The van der Waals surface area contributed by atoms with E-state index >= 15 is 0 Å². The van der Waals surface area contributed by atoms with Crippen LogP contribution >= 0.6 is 23.1 Å². The number of nitrogens with one attached hydrogen (secondary N) is 2. The molecule has 0 saturated heterocycles. The molecule has 2 heterocycles. The maximum atomic E-state index is 12.8. The Bertz CT molecular complexity index is 1460. The number of carbonyl (C=O) groups excluding carboxylic acids is 1. The molecule has 1 amide bonds. The lowest BCUT2D eigenvalue weighted by Crippen LogP contribution is -2.32. The van der Waals surface area contributed by atoms with Gasteiger partial charge in [0, 0.05) is 10.4 Å². The molecule has 0 aliphatic carbocycles. The summed E-state index contributed by atoms with van der Waals surface area (Å²) in [6.07, 6.45) is 0. The highest BCUT2D eigenvalue weighted by molar-refractivity contribution is 8.00. The highest BCUT2D eigenvalue weighted by atomic mass is 32.2. The Labute approximate surface area is 193 Å². The minimum Gasteiger partial charge on any atom is -0.301 e. The number of sulfonamides is 1. The summed E-state index contributed by atoms with van der Waals surface area (Å²) in [4.78, 5) is 33.8. The number of hydrogen-bond donors (Lipinski definition) is 2. The Balaban J connectivity index is 1.52. The third-order valence-corrected chi connectivity index (χ3v) is 7.96. The first kappa shape index (κ1) is 22.3. The topological polar surface area (TPSA) is 109 Å². The summed E-state index contributed by atoms with van der Waals surface area (Å²) in [5.74, 6) is -0.916. The van der Waals surface area contributed by atoms with Crippen LogP contribution in [-0.4, -0.2) is 30.0 Å². The number of aryl methyl sites for hydroxylation is 2. The molecule has 10 heteroatoms. The lowest BCUT2D eigenvalue weighted by molar-refractivity contribution is -0.116. The molecule has 2 aromatic heterocycles. The molecule has 0 saturated carbocycles. The lowest BCUT2D eigenvalue weighted by Gasteiger charge is -2.07. The van der Waals surface area contributed by atoms with Gasteiger partial charge in [0.1, 0.15) is 4.83 Å². The van der Waals surface area contributed by atoms with Gasteiger partial charge in [0.15, 0.2) is 5.16 Å². The Kier molecular flexibility index (Phi) is 6.18. The zero-order chi connectivity index (χ0) is 22.9. The predicted molar refractivity (Wildman–Crippen MR) is 128 cm³/mol. The van der Waals surface area contributed by atoms with Crippen molar-refractivity contribution in [2.75, 3.05) is 5.75 Å². The second kappa shape index (κ2) is 8.89. The number of thiophene rings is 1. The van der Waals surface area contributed by atoms with E-state index in [1.165, 1.54) is 23.5 Å². The maximum Gasteiger partial charge on any atom is 0.264 e. The Morgan fingerprint density at radius 2 is 1.78 bits per heavy atom. The molecule has 0 fully saturated rings. The van der Waals surface area contributed by atoms with E-state index in [4.69, 9.17) is 0 Å². The van der Waals surface area contributed by atoms with Crippen molar-refractivity contribution in [2.24, 2.45) is 0 Å². The number of benzene rings is 2. The number of thioether (sulfide) groups is 1. The van der Waals surface area contributed by atoms with Gasteiger partial charge in [0.2, 0.25) is 5.91 Å². The largest absolute Gasteiger partial charge is 0.301 e.